The lowest BCUT2D eigenvalue weighted by Crippen LogP contribution is -2.52. The number of ether oxygens (including phenoxy) is 2. The predicted octanol–water partition coefficient (Wildman–Crippen LogP) is 4.59. The van der Waals surface area contributed by atoms with Crippen LogP contribution in [0.15, 0.2) is 48.5 Å². The Balaban J connectivity index is 1.73. The summed E-state index contributed by atoms with van der Waals surface area (Å²) in [4.78, 5) is 27.9. The Morgan fingerprint density at radius 1 is 1.06 bits per heavy atom. The van der Waals surface area contributed by atoms with Crippen molar-refractivity contribution < 1.29 is 19.1 Å². The first-order valence-electron chi connectivity index (χ1n) is 11.1. The zero-order chi connectivity index (χ0) is 22.9. The van der Waals surface area contributed by atoms with E-state index < -0.39 is 6.04 Å². The topological polar surface area (TPSA) is 67.9 Å². The average molecular weight is 459 g/mol. The molecule has 1 aliphatic rings. The SMILES string of the molecule is CCC(C(=O)NC1CCCC1)N(Cc1ccc(Cl)cc1)C(=O)COc1ccc(OC)cc1. The van der Waals surface area contributed by atoms with E-state index in [1.807, 2.05) is 19.1 Å². The largest absolute Gasteiger partial charge is 0.497 e. The Morgan fingerprint density at radius 2 is 1.69 bits per heavy atom. The van der Waals surface area contributed by atoms with Crippen LogP contribution in [0.1, 0.15) is 44.6 Å². The fourth-order valence-electron chi connectivity index (χ4n) is 3.97. The van der Waals surface area contributed by atoms with Crippen LogP contribution in [0.2, 0.25) is 5.02 Å². The van der Waals surface area contributed by atoms with Crippen LogP contribution in [-0.4, -0.2) is 42.5 Å². The van der Waals surface area contributed by atoms with Gasteiger partial charge in [0.05, 0.1) is 7.11 Å². The number of carbonyl (C=O) groups is 2. The van der Waals surface area contributed by atoms with E-state index in [2.05, 4.69) is 5.32 Å². The first-order chi connectivity index (χ1) is 15.5. The highest BCUT2D eigenvalue weighted by Crippen LogP contribution is 2.21. The third-order valence-corrected chi connectivity index (χ3v) is 6.03. The monoisotopic (exact) mass is 458 g/mol. The Hall–Kier alpha value is -2.73. The minimum absolute atomic E-state index is 0.105. The molecule has 172 valence electrons. The van der Waals surface area contributed by atoms with Gasteiger partial charge in [-0.3, -0.25) is 9.59 Å². The first-order valence-corrected chi connectivity index (χ1v) is 11.5. The van der Waals surface area contributed by atoms with E-state index >= 15 is 0 Å². The van der Waals surface area contributed by atoms with E-state index in [9.17, 15) is 9.59 Å². The molecular formula is C25H31ClN2O4. The molecule has 1 unspecified atom stereocenters. The van der Waals surface area contributed by atoms with Crippen LogP contribution in [0.4, 0.5) is 0 Å². The van der Waals surface area contributed by atoms with Crippen molar-refractivity contribution >= 4 is 23.4 Å². The molecule has 0 saturated heterocycles. The Labute approximate surface area is 194 Å². The molecule has 6 nitrogen and oxygen atoms in total. The van der Waals surface area contributed by atoms with E-state index in [-0.39, 0.29) is 24.5 Å². The highest BCUT2D eigenvalue weighted by molar-refractivity contribution is 6.30. The van der Waals surface area contributed by atoms with E-state index in [0.29, 0.717) is 29.5 Å². The van der Waals surface area contributed by atoms with Gasteiger partial charge in [0.2, 0.25) is 5.91 Å². The van der Waals surface area contributed by atoms with E-state index in [1.165, 1.54) is 0 Å². The van der Waals surface area contributed by atoms with Gasteiger partial charge in [0.15, 0.2) is 6.61 Å². The second kappa shape index (κ2) is 11.8. The van der Waals surface area contributed by atoms with Gasteiger partial charge in [-0.1, -0.05) is 43.5 Å². The van der Waals surface area contributed by atoms with Crippen LogP contribution in [0, 0.1) is 0 Å². The van der Waals surface area contributed by atoms with Crippen molar-refractivity contribution in [3.8, 4) is 11.5 Å². The Morgan fingerprint density at radius 3 is 2.28 bits per heavy atom. The molecule has 7 heteroatoms. The number of hydrogen-bond donors (Lipinski definition) is 1. The molecule has 1 fully saturated rings. The van der Waals surface area contributed by atoms with Gasteiger partial charge < -0.3 is 19.7 Å². The van der Waals surface area contributed by atoms with Gasteiger partial charge >= 0.3 is 0 Å². The van der Waals surface area contributed by atoms with Crippen molar-refractivity contribution in [1.29, 1.82) is 0 Å². The van der Waals surface area contributed by atoms with Gasteiger partial charge in [0, 0.05) is 17.6 Å². The molecular weight excluding hydrogens is 428 g/mol. The lowest BCUT2D eigenvalue weighted by molar-refractivity contribution is -0.143. The normalized spacial score (nSPS) is 14.6. The second-order valence-electron chi connectivity index (χ2n) is 8.03. The maximum Gasteiger partial charge on any atom is 0.261 e. The predicted molar refractivity (Wildman–Crippen MR) is 125 cm³/mol. The van der Waals surface area contributed by atoms with Crippen LogP contribution < -0.4 is 14.8 Å². The van der Waals surface area contributed by atoms with Crippen LogP contribution in [0.25, 0.3) is 0 Å². The lowest BCUT2D eigenvalue weighted by atomic mass is 10.1. The average Bonchev–Trinajstić information content (AvgIpc) is 3.32. The van der Waals surface area contributed by atoms with Crippen molar-refractivity contribution in [1.82, 2.24) is 10.2 Å². The van der Waals surface area contributed by atoms with Gasteiger partial charge in [0.1, 0.15) is 17.5 Å². The summed E-state index contributed by atoms with van der Waals surface area (Å²) in [6, 6.07) is 14.0. The van der Waals surface area contributed by atoms with E-state index in [1.54, 1.807) is 48.4 Å². The highest BCUT2D eigenvalue weighted by Gasteiger charge is 2.30. The summed E-state index contributed by atoms with van der Waals surface area (Å²) in [5.74, 6) is 0.923. The molecule has 0 aliphatic heterocycles. The maximum atomic E-state index is 13.2. The van der Waals surface area contributed by atoms with Crippen molar-refractivity contribution in [2.45, 2.75) is 57.7 Å². The summed E-state index contributed by atoms with van der Waals surface area (Å²) in [6.45, 7) is 2.07. The van der Waals surface area contributed by atoms with Crippen LogP contribution in [0.3, 0.4) is 0 Å². The van der Waals surface area contributed by atoms with Gasteiger partial charge in [-0.2, -0.15) is 0 Å². The van der Waals surface area contributed by atoms with Gasteiger partial charge in [-0.25, -0.2) is 0 Å². The third-order valence-electron chi connectivity index (χ3n) is 5.78. The zero-order valence-corrected chi connectivity index (χ0v) is 19.4. The third kappa shape index (κ3) is 6.63. The molecule has 0 spiro atoms. The molecule has 1 N–H and O–H groups in total. The molecule has 2 amide bonds. The molecule has 0 radical (unpaired) electrons. The number of benzene rings is 2. The minimum Gasteiger partial charge on any atom is -0.497 e. The second-order valence-corrected chi connectivity index (χ2v) is 8.46. The number of methoxy groups -OCH3 is 1. The summed E-state index contributed by atoms with van der Waals surface area (Å²) in [7, 11) is 1.59. The number of amides is 2. The van der Waals surface area contributed by atoms with Crippen LogP contribution >= 0.6 is 11.6 Å². The quantitative estimate of drug-likeness (QED) is 0.565. The highest BCUT2D eigenvalue weighted by atomic mass is 35.5. The van der Waals surface area contributed by atoms with Crippen LogP contribution in [-0.2, 0) is 16.1 Å². The summed E-state index contributed by atoms with van der Waals surface area (Å²) < 4.78 is 10.9. The van der Waals surface area contributed by atoms with E-state index in [4.69, 9.17) is 21.1 Å². The maximum absolute atomic E-state index is 13.2. The first kappa shape index (κ1) is 23.9. The van der Waals surface area contributed by atoms with Crippen molar-refractivity contribution in [3.63, 3.8) is 0 Å². The van der Waals surface area contributed by atoms with Gasteiger partial charge in [-0.15, -0.1) is 0 Å². The van der Waals surface area contributed by atoms with E-state index in [0.717, 1.165) is 31.2 Å². The molecule has 2 aromatic carbocycles. The molecule has 1 aliphatic carbocycles. The summed E-state index contributed by atoms with van der Waals surface area (Å²) >= 11 is 6.01. The molecule has 0 aromatic heterocycles. The van der Waals surface area contributed by atoms with Crippen molar-refractivity contribution in [3.05, 3.63) is 59.1 Å². The summed E-state index contributed by atoms with van der Waals surface area (Å²) in [5, 5.41) is 3.76. The Kier molecular flexibility index (Phi) is 8.80. The molecule has 0 bridgehead atoms. The molecule has 32 heavy (non-hydrogen) atoms. The fourth-order valence-corrected chi connectivity index (χ4v) is 4.10. The number of halogens is 1. The number of hydrogen-bond acceptors (Lipinski definition) is 4. The number of nitrogens with one attached hydrogen (secondary N) is 1. The molecule has 1 saturated carbocycles. The zero-order valence-electron chi connectivity index (χ0n) is 18.7. The van der Waals surface area contributed by atoms with Gasteiger partial charge in [0.25, 0.3) is 5.91 Å². The number of nitrogens with zero attached hydrogens (tertiary/aromatic N) is 1. The molecule has 0 heterocycles. The van der Waals surface area contributed by atoms with Crippen molar-refractivity contribution in [2.75, 3.05) is 13.7 Å². The van der Waals surface area contributed by atoms with Crippen LogP contribution in [0.5, 0.6) is 11.5 Å². The van der Waals surface area contributed by atoms with Crippen molar-refractivity contribution in [2.24, 2.45) is 0 Å². The van der Waals surface area contributed by atoms with Gasteiger partial charge in [-0.05, 0) is 61.2 Å². The summed E-state index contributed by atoms with van der Waals surface area (Å²) in [6.07, 6.45) is 4.76. The smallest absolute Gasteiger partial charge is 0.261 e. The lowest BCUT2D eigenvalue weighted by Gasteiger charge is -2.31. The number of carbonyl (C=O) groups excluding carboxylic acids is 2. The molecule has 1 atom stereocenters. The minimum atomic E-state index is -0.571. The standard InChI is InChI=1S/C25H31ClN2O4/c1-3-23(25(30)27-20-6-4-5-7-20)28(16-18-8-10-19(26)11-9-18)24(29)17-32-22-14-12-21(31-2)13-15-22/h8-15,20,23H,3-7,16-17H2,1-2H3,(H,27,30). The Bertz CT molecular complexity index is 880. The summed E-state index contributed by atoms with van der Waals surface area (Å²) in [5.41, 5.74) is 0.902. The molecule has 2 aromatic rings. The molecule has 3 rings (SSSR count). The fraction of sp³-hybridized carbons (Fsp3) is 0.440. The number of rotatable bonds is 10.